The fourth-order valence-electron chi connectivity index (χ4n) is 1.22. The molecule has 0 fully saturated rings. The highest BCUT2D eigenvalue weighted by atomic mass is 16.6. The van der Waals surface area contributed by atoms with Crippen LogP contribution in [0.15, 0.2) is 24.5 Å². The third kappa shape index (κ3) is 6.14. The molecule has 1 aromatic heterocycles. The monoisotopic (exact) mass is 237 g/mol. The number of hydrogen-bond donors (Lipinski definition) is 2. The number of nitrogens with two attached hydrogens (primary N) is 1. The second kappa shape index (κ2) is 7.21. The Labute approximate surface area is 99.2 Å². The lowest BCUT2D eigenvalue weighted by Gasteiger charge is -2.05. The van der Waals surface area contributed by atoms with E-state index < -0.39 is 18.6 Å². The molecule has 0 bridgehead atoms. The predicted octanol–water partition coefficient (Wildman–Crippen LogP) is 0.226. The maximum absolute atomic E-state index is 11.0. The normalized spacial score (nSPS) is 9.65. The van der Waals surface area contributed by atoms with E-state index in [4.69, 9.17) is 5.73 Å². The standard InChI is InChI=1S/C11H15N3O3/c12-10(15)8-17-11(16)14-5-1-2-9-3-6-13-7-4-9/h3-4,6-7H,1-2,5,8H2,(H2,12,15)(H,14,16). The molecule has 0 aliphatic heterocycles. The molecule has 0 saturated heterocycles. The highest BCUT2D eigenvalue weighted by Crippen LogP contribution is 1.99. The highest BCUT2D eigenvalue weighted by Gasteiger charge is 2.02. The van der Waals surface area contributed by atoms with Gasteiger partial charge < -0.3 is 15.8 Å². The number of ether oxygens (including phenoxy) is 1. The Balaban J connectivity index is 2.08. The van der Waals surface area contributed by atoms with Crippen LogP contribution < -0.4 is 11.1 Å². The van der Waals surface area contributed by atoms with Crippen molar-refractivity contribution in [1.82, 2.24) is 10.3 Å². The van der Waals surface area contributed by atoms with Crippen molar-refractivity contribution in [2.75, 3.05) is 13.2 Å². The van der Waals surface area contributed by atoms with E-state index in [1.807, 2.05) is 12.1 Å². The van der Waals surface area contributed by atoms with Crippen LogP contribution in [0.4, 0.5) is 4.79 Å². The summed E-state index contributed by atoms with van der Waals surface area (Å²) in [6.45, 7) is 0.0934. The summed E-state index contributed by atoms with van der Waals surface area (Å²) < 4.78 is 4.52. The molecule has 3 N–H and O–H groups in total. The third-order valence-electron chi connectivity index (χ3n) is 2.01. The van der Waals surface area contributed by atoms with E-state index in [0.29, 0.717) is 6.54 Å². The number of carbonyl (C=O) groups is 2. The van der Waals surface area contributed by atoms with Crippen LogP contribution in [-0.2, 0) is 16.0 Å². The molecule has 6 heteroatoms. The van der Waals surface area contributed by atoms with Crippen LogP contribution in [0, 0.1) is 0 Å². The Morgan fingerprint density at radius 2 is 2.06 bits per heavy atom. The lowest BCUT2D eigenvalue weighted by molar-refractivity contribution is -0.120. The van der Waals surface area contributed by atoms with Gasteiger partial charge in [0.05, 0.1) is 0 Å². The SMILES string of the molecule is NC(=O)COC(=O)NCCCc1ccncc1. The molecule has 1 heterocycles. The lowest BCUT2D eigenvalue weighted by atomic mass is 10.1. The van der Waals surface area contributed by atoms with Crippen LogP contribution in [0.25, 0.3) is 0 Å². The predicted molar refractivity (Wildman–Crippen MR) is 61.1 cm³/mol. The maximum atomic E-state index is 11.0. The fraction of sp³-hybridized carbons (Fsp3) is 0.364. The zero-order chi connectivity index (χ0) is 12.5. The van der Waals surface area contributed by atoms with E-state index in [2.05, 4.69) is 15.0 Å². The van der Waals surface area contributed by atoms with Gasteiger partial charge in [-0.1, -0.05) is 0 Å². The number of alkyl carbamates (subject to hydrolysis) is 1. The topological polar surface area (TPSA) is 94.3 Å². The summed E-state index contributed by atoms with van der Waals surface area (Å²) in [6.07, 6.45) is 4.46. The van der Waals surface area contributed by atoms with Gasteiger partial charge in [0, 0.05) is 18.9 Å². The van der Waals surface area contributed by atoms with E-state index >= 15 is 0 Å². The molecular weight excluding hydrogens is 222 g/mol. The van der Waals surface area contributed by atoms with Gasteiger partial charge in [-0.3, -0.25) is 9.78 Å². The summed E-state index contributed by atoms with van der Waals surface area (Å²) in [7, 11) is 0. The van der Waals surface area contributed by atoms with Crippen molar-refractivity contribution in [2.45, 2.75) is 12.8 Å². The van der Waals surface area contributed by atoms with Crippen molar-refractivity contribution in [2.24, 2.45) is 5.73 Å². The summed E-state index contributed by atoms with van der Waals surface area (Å²) in [5.41, 5.74) is 5.98. The summed E-state index contributed by atoms with van der Waals surface area (Å²) in [4.78, 5) is 25.2. The van der Waals surface area contributed by atoms with E-state index in [1.54, 1.807) is 12.4 Å². The molecule has 0 saturated carbocycles. The number of pyridine rings is 1. The van der Waals surface area contributed by atoms with E-state index in [9.17, 15) is 9.59 Å². The lowest BCUT2D eigenvalue weighted by Crippen LogP contribution is -2.29. The molecule has 6 nitrogen and oxygen atoms in total. The first-order chi connectivity index (χ1) is 8.18. The number of primary amides is 1. The van der Waals surface area contributed by atoms with Crippen molar-refractivity contribution in [3.8, 4) is 0 Å². The zero-order valence-corrected chi connectivity index (χ0v) is 9.39. The third-order valence-corrected chi connectivity index (χ3v) is 2.01. The summed E-state index contributed by atoms with van der Waals surface area (Å²) >= 11 is 0. The summed E-state index contributed by atoms with van der Waals surface area (Å²) in [5, 5.41) is 2.52. The first-order valence-electron chi connectivity index (χ1n) is 5.26. The molecule has 0 aliphatic carbocycles. The first-order valence-corrected chi connectivity index (χ1v) is 5.26. The molecule has 92 valence electrons. The van der Waals surface area contributed by atoms with Crippen molar-refractivity contribution in [3.63, 3.8) is 0 Å². The molecule has 0 spiro atoms. The van der Waals surface area contributed by atoms with E-state index in [0.717, 1.165) is 18.4 Å². The van der Waals surface area contributed by atoms with Gasteiger partial charge in [0.2, 0.25) is 0 Å². The molecule has 2 amide bonds. The number of carbonyl (C=O) groups excluding carboxylic acids is 2. The minimum Gasteiger partial charge on any atom is -0.439 e. The van der Waals surface area contributed by atoms with Crippen LogP contribution in [-0.4, -0.2) is 30.1 Å². The average Bonchev–Trinajstić information content (AvgIpc) is 2.33. The van der Waals surface area contributed by atoms with Gasteiger partial charge in [0.25, 0.3) is 5.91 Å². The molecule has 0 radical (unpaired) electrons. The number of rotatable bonds is 6. The van der Waals surface area contributed by atoms with Crippen molar-refractivity contribution >= 4 is 12.0 Å². The summed E-state index contributed by atoms with van der Waals surface area (Å²) in [6, 6.07) is 3.84. The molecule has 0 aromatic carbocycles. The second-order valence-electron chi connectivity index (χ2n) is 3.43. The molecule has 0 unspecified atom stereocenters. The molecule has 1 aromatic rings. The van der Waals surface area contributed by atoms with Crippen molar-refractivity contribution in [1.29, 1.82) is 0 Å². The summed E-state index contributed by atoms with van der Waals surface area (Å²) in [5.74, 6) is -0.670. The Morgan fingerprint density at radius 3 is 2.71 bits per heavy atom. The average molecular weight is 237 g/mol. The maximum Gasteiger partial charge on any atom is 0.407 e. The van der Waals surface area contributed by atoms with Crippen LogP contribution in [0.2, 0.25) is 0 Å². The number of amides is 2. The Kier molecular flexibility index (Phi) is 5.50. The van der Waals surface area contributed by atoms with Gasteiger partial charge in [0.1, 0.15) is 0 Å². The van der Waals surface area contributed by atoms with Crippen LogP contribution >= 0.6 is 0 Å². The Morgan fingerprint density at radius 1 is 1.35 bits per heavy atom. The number of aromatic nitrogens is 1. The zero-order valence-electron chi connectivity index (χ0n) is 9.39. The molecule has 1 rings (SSSR count). The number of nitrogens with one attached hydrogen (secondary N) is 1. The number of nitrogens with zero attached hydrogens (tertiary/aromatic N) is 1. The van der Waals surface area contributed by atoms with Gasteiger partial charge in [-0.05, 0) is 30.5 Å². The minimum absolute atomic E-state index is 0.393. The molecule has 0 aliphatic rings. The molecule has 0 atom stereocenters. The van der Waals surface area contributed by atoms with Gasteiger partial charge in [0.15, 0.2) is 6.61 Å². The second-order valence-corrected chi connectivity index (χ2v) is 3.43. The van der Waals surface area contributed by atoms with Gasteiger partial charge in [-0.25, -0.2) is 4.79 Å². The minimum atomic E-state index is -0.670. The van der Waals surface area contributed by atoms with Crippen molar-refractivity contribution in [3.05, 3.63) is 30.1 Å². The molecular formula is C11H15N3O3. The largest absolute Gasteiger partial charge is 0.439 e. The van der Waals surface area contributed by atoms with Gasteiger partial charge >= 0.3 is 6.09 Å². The van der Waals surface area contributed by atoms with Crippen LogP contribution in [0.5, 0.6) is 0 Å². The van der Waals surface area contributed by atoms with E-state index in [-0.39, 0.29) is 0 Å². The van der Waals surface area contributed by atoms with Crippen molar-refractivity contribution < 1.29 is 14.3 Å². The van der Waals surface area contributed by atoms with Crippen LogP contribution in [0.3, 0.4) is 0 Å². The highest BCUT2D eigenvalue weighted by molar-refractivity contribution is 5.78. The fourth-order valence-corrected chi connectivity index (χ4v) is 1.22. The van der Waals surface area contributed by atoms with Gasteiger partial charge in [-0.15, -0.1) is 0 Å². The quantitative estimate of drug-likeness (QED) is 0.692. The Bertz CT molecular complexity index is 367. The van der Waals surface area contributed by atoms with E-state index in [1.165, 1.54) is 0 Å². The Hall–Kier alpha value is -2.11. The van der Waals surface area contributed by atoms with Gasteiger partial charge in [-0.2, -0.15) is 0 Å². The number of hydrogen-bond acceptors (Lipinski definition) is 4. The number of aryl methyl sites for hydroxylation is 1. The first kappa shape index (κ1) is 13.0. The van der Waals surface area contributed by atoms with Crippen LogP contribution in [0.1, 0.15) is 12.0 Å². The molecule has 17 heavy (non-hydrogen) atoms. The smallest absolute Gasteiger partial charge is 0.407 e.